The molecule has 2 saturated heterocycles. The smallest absolute Gasteiger partial charge is 0.316 e. The van der Waals surface area contributed by atoms with Crippen molar-refractivity contribution in [2.45, 2.75) is 69.1 Å². The zero-order valence-electron chi connectivity index (χ0n) is 19.6. The van der Waals surface area contributed by atoms with E-state index in [1.807, 2.05) is 0 Å². The Morgan fingerprint density at radius 2 is 1.83 bits per heavy atom. The van der Waals surface area contributed by atoms with Gasteiger partial charge in [0.1, 0.15) is 11.4 Å². The Morgan fingerprint density at radius 3 is 2.49 bits per heavy atom. The maximum absolute atomic E-state index is 14.3. The number of phenols is 1. The van der Waals surface area contributed by atoms with Crippen LogP contribution in [0.5, 0.6) is 11.8 Å². The molecule has 0 spiro atoms. The average molecular weight is 478 g/mol. The van der Waals surface area contributed by atoms with Crippen molar-refractivity contribution in [3.05, 3.63) is 36.4 Å². The number of benzene rings is 1. The van der Waals surface area contributed by atoms with Crippen LogP contribution in [0, 0.1) is 5.82 Å². The Labute approximate surface area is 202 Å². The lowest BCUT2D eigenvalue weighted by Gasteiger charge is -2.45. The Balaban J connectivity index is 1.25. The first kappa shape index (κ1) is 22.1. The summed E-state index contributed by atoms with van der Waals surface area (Å²) < 4.78 is 19.2. The highest BCUT2D eigenvalue weighted by Gasteiger charge is 2.40. The summed E-state index contributed by atoms with van der Waals surface area (Å²) in [6.07, 6.45) is 11.2. The van der Waals surface area contributed by atoms with Crippen LogP contribution in [-0.4, -0.2) is 61.5 Å². The second-order valence-electron chi connectivity index (χ2n) is 9.68. The monoisotopic (exact) mass is 477 g/mol. The molecular formula is C25H28FN7O2. The predicted octanol–water partition coefficient (Wildman–Crippen LogP) is 3.49. The molecule has 1 unspecified atom stereocenters. The van der Waals surface area contributed by atoms with E-state index < -0.39 is 5.82 Å². The lowest BCUT2D eigenvalue weighted by Crippen LogP contribution is -2.55. The fraction of sp³-hybridized carbons (Fsp3) is 0.480. The van der Waals surface area contributed by atoms with Crippen molar-refractivity contribution in [3.63, 3.8) is 0 Å². The first-order chi connectivity index (χ1) is 17.1. The van der Waals surface area contributed by atoms with Gasteiger partial charge in [-0.25, -0.2) is 14.4 Å². The van der Waals surface area contributed by atoms with Gasteiger partial charge < -0.3 is 20.1 Å². The van der Waals surface area contributed by atoms with Gasteiger partial charge in [0, 0.05) is 29.7 Å². The minimum absolute atomic E-state index is 0.0416. The number of phenolic OH excluding ortho intramolecular Hbond substituents is 1. The second-order valence-corrected chi connectivity index (χ2v) is 9.68. The van der Waals surface area contributed by atoms with Crippen molar-refractivity contribution in [1.82, 2.24) is 30.5 Å². The lowest BCUT2D eigenvalue weighted by molar-refractivity contribution is 0.215. The van der Waals surface area contributed by atoms with Gasteiger partial charge in [-0.2, -0.15) is 4.98 Å². The molecular weight excluding hydrogens is 449 g/mol. The van der Waals surface area contributed by atoms with Gasteiger partial charge in [-0.15, -0.1) is 10.2 Å². The molecule has 3 aromatic rings. The van der Waals surface area contributed by atoms with Crippen LogP contribution < -0.4 is 15.0 Å². The molecule has 4 heterocycles. The maximum atomic E-state index is 14.3. The molecule has 2 N–H and O–H groups in total. The number of hydrogen-bond donors (Lipinski definition) is 2. The number of piperidine rings is 2. The number of aromatic hydroxyl groups is 1. The van der Waals surface area contributed by atoms with Crippen LogP contribution in [0.4, 0.5) is 10.2 Å². The number of hydrogen-bond acceptors (Lipinski definition) is 9. The van der Waals surface area contributed by atoms with E-state index in [4.69, 9.17) is 4.74 Å². The molecule has 3 atom stereocenters. The normalized spacial score (nSPS) is 23.7. The van der Waals surface area contributed by atoms with Crippen LogP contribution in [0.25, 0.3) is 22.6 Å². The molecule has 6 rings (SSSR count). The van der Waals surface area contributed by atoms with Crippen molar-refractivity contribution >= 4 is 5.82 Å². The SMILES string of the molecule is COc1ncc(F)c(-c2ccc(-c3ncc(N(C4CC4)C4C[C@H]5CCC[C@@H](C4)N5)nn3)c(O)c2)n1. The fourth-order valence-corrected chi connectivity index (χ4v) is 5.52. The number of methoxy groups -OCH3 is 1. The Hall–Kier alpha value is -3.40. The molecule has 0 radical (unpaired) electrons. The first-order valence-corrected chi connectivity index (χ1v) is 12.2. The van der Waals surface area contributed by atoms with E-state index in [0.29, 0.717) is 41.1 Å². The van der Waals surface area contributed by atoms with Gasteiger partial charge >= 0.3 is 6.01 Å². The van der Waals surface area contributed by atoms with Crippen molar-refractivity contribution in [2.75, 3.05) is 12.0 Å². The summed E-state index contributed by atoms with van der Waals surface area (Å²) in [5.74, 6) is 0.422. The molecule has 9 nitrogen and oxygen atoms in total. The highest BCUT2D eigenvalue weighted by molar-refractivity contribution is 5.71. The molecule has 10 heteroatoms. The van der Waals surface area contributed by atoms with Crippen molar-refractivity contribution in [2.24, 2.45) is 0 Å². The standard InChI is InChI=1S/C25H28FN7O2/c1-35-25-28-12-20(26)23(30-25)14-5-8-19(21(34)9-14)24-27-13-22(31-32-24)33(17-6-7-17)18-10-15-3-2-4-16(11-18)29-15/h5,8-9,12-13,15-18,29,34H,2-4,6-7,10-11H2,1H3/t15-,16+,18?. The highest BCUT2D eigenvalue weighted by Crippen LogP contribution is 2.38. The van der Waals surface area contributed by atoms with Crippen LogP contribution in [-0.2, 0) is 0 Å². The van der Waals surface area contributed by atoms with Crippen molar-refractivity contribution in [3.8, 4) is 34.4 Å². The average Bonchev–Trinajstić information content (AvgIpc) is 3.70. The Bertz CT molecular complexity index is 1210. The van der Waals surface area contributed by atoms with Gasteiger partial charge in [0.2, 0.25) is 0 Å². The Kier molecular flexibility index (Phi) is 5.68. The number of nitrogens with zero attached hydrogens (tertiary/aromatic N) is 6. The van der Waals surface area contributed by atoms with Gasteiger partial charge in [-0.3, -0.25) is 0 Å². The van der Waals surface area contributed by atoms with Crippen molar-refractivity contribution in [1.29, 1.82) is 0 Å². The third-order valence-corrected chi connectivity index (χ3v) is 7.25. The summed E-state index contributed by atoms with van der Waals surface area (Å²) in [7, 11) is 1.41. The predicted molar refractivity (Wildman–Crippen MR) is 128 cm³/mol. The van der Waals surface area contributed by atoms with Gasteiger partial charge in [-0.05, 0) is 50.7 Å². The van der Waals surface area contributed by atoms with Crippen molar-refractivity contribution < 1.29 is 14.2 Å². The van der Waals surface area contributed by atoms with E-state index in [2.05, 4.69) is 35.4 Å². The molecule has 0 amide bonds. The quantitative estimate of drug-likeness (QED) is 0.551. The summed E-state index contributed by atoms with van der Waals surface area (Å²) in [5, 5.41) is 23.3. The third-order valence-electron chi connectivity index (χ3n) is 7.25. The summed E-state index contributed by atoms with van der Waals surface area (Å²) in [5.41, 5.74) is 0.855. The van der Waals surface area contributed by atoms with Gasteiger partial charge in [-0.1, -0.05) is 12.5 Å². The minimum atomic E-state index is -0.609. The van der Waals surface area contributed by atoms with E-state index in [-0.39, 0.29) is 17.5 Å². The molecule has 1 saturated carbocycles. The summed E-state index contributed by atoms with van der Waals surface area (Å²) in [4.78, 5) is 14.8. The van der Waals surface area contributed by atoms with E-state index in [1.54, 1.807) is 18.3 Å². The van der Waals surface area contributed by atoms with Gasteiger partial charge in [0.15, 0.2) is 17.5 Å². The second kappa shape index (κ2) is 8.99. The third kappa shape index (κ3) is 4.38. The topological polar surface area (TPSA) is 109 Å². The molecule has 35 heavy (non-hydrogen) atoms. The molecule has 182 valence electrons. The number of nitrogens with one attached hydrogen (secondary N) is 1. The number of rotatable bonds is 6. The molecule has 3 fully saturated rings. The summed E-state index contributed by atoms with van der Waals surface area (Å²) in [6.45, 7) is 0. The van der Waals surface area contributed by atoms with Crippen LogP contribution in [0.3, 0.4) is 0 Å². The minimum Gasteiger partial charge on any atom is -0.507 e. The largest absolute Gasteiger partial charge is 0.507 e. The first-order valence-electron chi connectivity index (χ1n) is 12.2. The van der Waals surface area contributed by atoms with E-state index in [0.717, 1.165) is 24.9 Å². The number of fused-ring (bicyclic) bond motifs is 2. The van der Waals surface area contributed by atoms with Crippen LogP contribution in [0.2, 0.25) is 0 Å². The Morgan fingerprint density at radius 1 is 1.03 bits per heavy atom. The zero-order valence-corrected chi connectivity index (χ0v) is 19.6. The molecule has 3 aliphatic rings. The number of ether oxygens (including phenoxy) is 1. The van der Waals surface area contributed by atoms with E-state index in [9.17, 15) is 9.50 Å². The van der Waals surface area contributed by atoms with Gasteiger partial charge in [0.05, 0.1) is 25.1 Å². The molecule has 1 aromatic carbocycles. The summed E-state index contributed by atoms with van der Waals surface area (Å²) >= 11 is 0. The van der Waals surface area contributed by atoms with E-state index >= 15 is 0 Å². The molecule has 2 aliphatic heterocycles. The van der Waals surface area contributed by atoms with Crippen LogP contribution >= 0.6 is 0 Å². The van der Waals surface area contributed by atoms with E-state index in [1.165, 1.54) is 45.3 Å². The fourth-order valence-electron chi connectivity index (χ4n) is 5.52. The van der Waals surface area contributed by atoms with Gasteiger partial charge in [0.25, 0.3) is 0 Å². The maximum Gasteiger partial charge on any atom is 0.316 e. The zero-order chi connectivity index (χ0) is 23.9. The van der Waals surface area contributed by atoms with Crippen LogP contribution in [0.15, 0.2) is 30.6 Å². The molecule has 2 bridgehead atoms. The lowest BCUT2D eigenvalue weighted by atomic mass is 9.83. The number of halogens is 1. The summed E-state index contributed by atoms with van der Waals surface area (Å²) in [6, 6.07) is 6.91. The molecule has 2 aromatic heterocycles. The highest BCUT2D eigenvalue weighted by atomic mass is 19.1. The number of anilines is 1. The molecule has 1 aliphatic carbocycles. The number of aromatic nitrogens is 5. The van der Waals surface area contributed by atoms with Crippen LogP contribution in [0.1, 0.15) is 44.9 Å².